The molecule has 1 N–H and O–H groups in total. The molecular weight excluding hydrogens is 394 g/mol. The predicted octanol–water partition coefficient (Wildman–Crippen LogP) is 4.09. The smallest absolute Gasteiger partial charge is 0.230 e. The Morgan fingerprint density at radius 2 is 1.80 bits per heavy atom. The summed E-state index contributed by atoms with van der Waals surface area (Å²) in [6.45, 7) is 10.2. The highest BCUT2D eigenvalue weighted by Crippen LogP contribution is 2.26. The Hall–Kier alpha value is -3.11. The summed E-state index contributed by atoms with van der Waals surface area (Å²) in [5.74, 6) is 0.0991. The maximum absolute atomic E-state index is 12.5. The summed E-state index contributed by atoms with van der Waals surface area (Å²) in [4.78, 5) is 17.0. The van der Waals surface area contributed by atoms with Gasteiger partial charge in [0.15, 0.2) is 0 Å². The van der Waals surface area contributed by atoms with E-state index in [2.05, 4.69) is 21.5 Å². The second-order valence-corrected chi connectivity index (χ2v) is 8.17. The summed E-state index contributed by atoms with van der Waals surface area (Å²) in [6.07, 6.45) is 0. The van der Waals surface area contributed by atoms with Crippen molar-refractivity contribution < 1.29 is 4.79 Å². The Bertz CT molecular complexity index is 1130. The molecule has 0 radical (unpaired) electrons. The van der Waals surface area contributed by atoms with Crippen molar-refractivity contribution in [3.8, 4) is 11.8 Å². The number of pyridine rings is 1. The topological polar surface area (TPSA) is 83.6 Å². The molecular formula is C23H25N5OS. The normalized spacial score (nSPS) is 10.7. The highest BCUT2D eigenvalue weighted by molar-refractivity contribution is 8.00. The summed E-state index contributed by atoms with van der Waals surface area (Å²) >= 11 is 1.30. The number of carbonyl (C=O) groups excluding carboxylic acids is 1. The lowest BCUT2D eigenvalue weighted by atomic mass is 10.1. The summed E-state index contributed by atoms with van der Waals surface area (Å²) in [7, 11) is 0. The molecule has 30 heavy (non-hydrogen) atoms. The van der Waals surface area contributed by atoms with Crippen LogP contribution in [-0.2, 0) is 11.3 Å². The molecule has 0 unspecified atom stereocenters. The third-order valence-electron chi connectivity index (χ3n) is 5.32. The van der Waals surface area contributed by atoms with Gasteiger partial charge in [-0.1, -0.05) is 30.0 Å². The molecule has 0 saturated carbocycles. The zero-order chi connectivity index (χ0) is 21.8. The first-order valence-electron chi connectivity index (χ1n) is 9.71. The third kappa shape index (κ3) is 4.39. The van der Waals surface area contributed by atoms with Crippen LogP contribution < -0.4 is 5.32 Å². The Labute approximate surface area is 181 Å². The molecule has 0 fully saturated rings. The van der Waals surface area contributed by atoms with Crippen molar-refractivity contribution in [2.24, 2.45) is 0 Å². The van der Waals surface area contributed by atoms with Crippen LogP contribution in [0.1, 0.15) is 39.3 Å². The summed E-state index contributed by atoms with van der Waals surface area (Å²) < 4.78 is 1.90. The van der Waals surface area contributed by atoms with Crippen molar-refractivity contribution in [2.45, 2.75) is 46.2 Å². The van der Waals surface area contributed by atoms with Gasteiger partial charge in [-0.25, -0.2) is 9.67 Å². The van der Waals surface area contributed by atoms with Gasteiger partial charge in [0.05, 0.1) is 22.7 Å². The van der Waals surface area contributed by atoms with E-state index in [9.17, 15) is 10.1 Å². The van der Waals surface area contributed by atoms with E-state index in [1.165, 1.54) is 11.8 Å². The molecule has 0 aliphatic rings. The highest BCUT2D eigenvalue weighted by atomic mass is 32.2. The van der Waals surface area contributed by atoms with Gasteiger partial charge in [-0.15, -0.1) is 0 Å². The summed E-state index contributed by atoms with van der Waals surface area (Å²) in [5.41, 5.74) is 7.27. The maximum Gasteiger partial charge on any atom is 0.230 e. The third-order valence-corrected chi connectivity index (χ3v) is 6.29. The number of hydrogen-bond donors (Lipinski definition) is 1. The Morgan fingerprint density at radius 1 is 1.10 bits per heavy atom. The molecule has 3 rings (SSSR count). The average molecular weight is 420 g/mol. The second kappa shape index (κ2) is 9.14. The number of thioether (sulfide) groups is 1. The van der Waals surface area contributed by atoms with Gasteiger partial charge in [0.2, 0.25) is 5.91 Å². The van der Waals surface area contributed by atoms with E-state index in [1.807, 2.05) is 69.6 Å². The largest absolute Gasteiger partial charge is 0.351 e. The van der Waals surface area contributed by atoms with E-state index in [0.29, 0.717) is 17.1 Å². The molecule has 3 aromatic rings. The molecule has 1 amide bonds. The maximum atomic E-state index is 12.5. The Kier molecular flexibility index (Phi) is 6.58. The molecule has 154 valence electrons. The standard InChI is InChI=1S/C23H25N5OS/c1-14-15(2)20(11-24)23(26-16(14)3)30-13-22(29)25-12-21-17(4)27-28(18(21)5)19-9-7-6-8-10-19/h6-10H,12-13H2,1-5H3,(H,25,29). The van der Waals surface area contributed by atoms with Crippen molar-refractivity contribution >= 4 is 17.7 Å². The van der Waals surface area contributed by atoms with Crippen molar-refractivity contribution in [2.75, 3.05) is 5.75 Å². The lowest BCUT2D eigenvalue weighted by molar-refractivity contribution is -0.118. The first-order chi connectivity index (χ1) is 14.3. The monoisotopic (exact) mass is 419 g/mol. The molecule has 0 saturated heterocycles. The molecule has 0 aliphatic heterocycles. The van der Waals surface area contributed by atoms with Crippen LogP contribution in [0.2, 0.25) is 0 Å². The molecule has 7 heteroatoms. The van der Waals surface area contributed by atoms with E-state index in [0.717, 1.165) is 39.5 Å². The minimum absolute atomic E-state index is 0.104. The quantitative estimate of drug-likeness (QED) is 0.609. The molecule has 0 aliphatic carbocycles. The number of amides is 1. The molecule has 0 atom stereocenters. The Morgan fingerprint density at radius 3 is 2.47 bits per heavy atom. The van der Waals surface area contributed by atoms with Gasteiger partial charge in [0.1, 0.15) is 11.1 Å². The highest BCUT2D eigenvalue weighted by Gasteiger charge is 2.16. The number of nitriles is 1. The van der Waals surface area contributed by atoms with Crippen LogP contribution in [0, 0.1) is 45.9 Å². The van der Waals surface area contributed by atoms with Gasteiger partial charge in [-0.05, 0) is 57.9 Å². The van der Waals surface area contributed by atoms with E-state index in [1.54, 1.807) is 0 Å². The van der Waals surface area contributed by atoms with Crippen LogP contribution in [0.25, 0.3) is 5.69 Å². The number of rotatable bonds is 6. The lowest BCUT2D eigenvalue weighted by Gasteiger charge is -2.11. The molecule has 2 heterocycles. The van der Waals surface area contributed by atoms with Gasteiger partial charge in [0, 0.05) is 23.5 Å². The lowest BCUT2D eigenvalue weighted by Crippen LogP contribution is -2.25. The van der Waals surface area contributed by atoms with Crippen molar-refractivity contribution in [1.82, 2.24) is 20.1 Å². The second-order valence-electron chi connectivity index (χ2n) is 7.20. The van der Waals surface area contributed by atoms with Crippen molar-refractivity contribution in [1.29, 1.82) is 5.26 Å². The fourth-order valence-electron chi connectivity index (χ4n) is 3.27. The van der Waals surface area contributed by atoms with E-state index in [-0.39, 0.29) is 11.7 Å². The van der Waals surface area contributed by atoms with Gasteiger partial charge >= 0.3 is 0 Å². The predicted molar refractivity (Wildman–Crippen MR) is 119 cm³/mol. The number of nitrogens with zero attached hydrogens (tertiary/aromatic N) is 4. The molecule has 0 spiro atoms. The number of para-hydroxylation sites is 1. The van der Waals surface area contributed by atoms with E-state index >= 15 is 0 Å². The van der Waals surface area contributed by atoms with Crippen LogP contribution in [0.3, 0.4) is 0 Å². The summed E-state index contributed by atoms with van der Waals surface area (Å²) in [5, 5.41) is 17.7. The number of benzene rings is 1. The Balaban J connectivity index is 1.67. The van der Waals surface area contributed by atoms with E-state index < -0.39 is 0 Å². The number of aromatic nitrogens is 3. The number of aryl methyl sites for hydroxylation is 2. The number of nitrogens with one attached hydrogen (secondary N) is 1. The first kappa shape index (κ1) is 21.6. The molecule has 6 nitrogen and oxygen atoms in total. The van der Waals surface area contributed by atoms with Crippen molar-refractivity contribution in [3.63, 3.8) is 0 Å². The first-order valence-corrected chi connectivity index (χ1v) is 10.7. The summed E-state index contributed by atoms with van der Waals surface area (Å²) in [6, 6.07) is 12.1. The average Bonchev–Trinajstić information content (AvgIpc) is 3.03. The van der Waals surface area contributed by atoms with Crippen LogP contribution >= 0.6 is 11.8 Å². The number of carbonyl (C=O) groups is 1. The zero-order valence-electron chi connectivity index (χ0n) is 17.9. The van der Waals surface area contributed by atoms with Crippen molar-refractivity contribution in [3.05, 3.63) is 69.7 Å². The fourth-order valence-corrected chi connectivity index (χ4v) is 4.19. The fraction of sp³-hybridized carbons (Fsp3) is 0.304. The van der Waals surface area contributed by atoms with Gasteiger partial charge in [0.25, 0.3) is 0 Å². The van der Waals surface area contributed by atoms with Gasteiger partial charge in [-0.3, -0.25) is 4.79 Å². The van der Waals surface area contributed by atoms with Crippen LogP contribution in [0.5, 0.6) is 0 Å². The van der Waals surface area contributed by atoms with Crippen LogP contribution in [0.4, 0.5) is 0 Å². The van der Waals surface area contributed by atoms with Crippen LogP contribution in [-0.4, -0.2) is 26.4 Å². The minimum Gasteiger partial charge on any atom is -0.351 e. The molecule has 1 aromatic carbocycles. The molecule has 0 bridgehead atoms. The molecule has 2 aromatic heterocycles. The van der Waals surface area contributed by atoms with Gasteiger partial charge in [-0.2, -0.15) is 10.4 Å². The SMILES string of the molecule is Cc1nc(SCC(=O)NCc2c(C)nn(-c3ccccc3)c2C)c(C#N)c(C)c1C. The number of hydrogen-bond acceptors (Lipinski definition) is 5. The minimum atomic E-state index is -0.104. The zero-order valence-corrected chi connectivity index (χ0v) is 18.7. The van der Waals surface area contributed by atoms with Crippen LogP contribution in [0.15, 0.2) is 35.4 Å². The van der Waals surface area contributed by atoms with Gasteiger partial charge < -0.3 is 5.32 Å². The van der Waals surface area contributed by atoms with E-state index in [4.69, 9.17) is 0 Å².